The van der Waals surface area contributed by atoms with Crippen molar-refractivity contribution in [2.75, 3.05) is 20.1 Å². The number of hydrogen-bond acceptors (Lipinski definition) is 1. The maximum absolute atomic E-state index is 2.47. The minimum absolute atomic E-state index is 0.684. The van der Waals surface area contributed by atoms with Crippen LogP contribution in [-0.2, 0) is 0 Å². The smallest absolute Gasteiger partial charge is 0.00353 e. The van der Waals surface area contributed by atoms with Gasteiger partial charge in [0.05, 0.1) is 0 Å². The van der Waals surface area contributed by atoms with Crippen LogP contribution in [0.15, 0.2) is 0 Å². The number of nitrogens with zero attached hydrogens (tertiary/aromatic N) is 1. The fourth-order valence-corrected chi connectivity index (χ4v) is 2.36. The van der Waals surface area contributed by atoms with E-state index in [0.29, 0.717) is 5.41 Å². The molecule has 1 heterocycles. The van der Waals surface area contributed by atoms with E-state index in [9.17, 15) is 0 Å². The predicted octanol–water partition coefficient (Wildman–Crippen LogP) is 3.54. The van der Waals surface area contributed by atoms with E-state index in [4.69, 9.17) is 0 Å². The topological polar surface area (TPSA) is 3.24 Å². The first-order valence-corrected chi connectivity index (χ1v) is 5.91. The third-order valence-electron chi connectivity index (χ3n) is 3.16. The summed E-state index contributed by atoms with van der Waals surface area (Å²) >= 11 is 0. The van der Waals surface area contributed by atoms with Crippen LogP contribution in [0.25, 0.3) is 0 Å². The molecule has 0 aromatic heterocycles. The normalized spacial score (nSPS) is 28.4. The third kappa shape index (κ3) is 3.68. The molecule has 1 aliphatic heterocycles. The van der Waals surface area contributed by atoms with Crippen molar-refractivity contribution in [1.82, 2.24) is 4.90 Å². The summed E-state index contributed by atoms with van der Waals surface area (Å²) < 4.78 is 0. The van der Waals surface area contributed by atoms with Gasteiger partial charge >= 0.3 is 0 Å². The quantitative estimate of drug-likeness (QED) is 0.650. The Morgan fingerprint density at radius 3 is 2.15 bits per heavy atom. The molecule has 0 bridgehead atoms. The molecule has 0 aromatic carbocycles. The fraction of sp³-hybridized carbons (Fsp3) is 1.00. The predicted molar refractivity (Wildman–Crippen MR) is 61.1 cm³/mol. The molecule has 0 aliphatic carbocycles. The van der Waals surface area contributed by atoms with Crippen molar-refractivity contribution < 1.29 is 0 Å². The van der Waals surface area contributed by atoms with Crippen LogP contribution in [-0.4, -0.2) is 25.0 Å². The number of rotatable bonds is 3. The lowest BCUT2D eigenvalue weighted by Gasteiger charge is -2.26. The molecule has 1 unspecified atom stereocenters. The largest absolute Gasteiger partial charge is 0.306 e. The Morgan fingerprint density at radius 2 is 1.85 bits per heavy atom. The minimum Gasteiger partial charge on any atom is -0.306 e. The minimum atomic E-state index is 0.684. The highest BCUT2D eigenvalue weighted by molar-refractivity contribution is 4.86. The van der Waals surface area contributed by atoms with E-state index >= 15 is 0 Å². The highest BCUT2D eigenvalue weighted by Crippen LogP contribution is 2.37. The molecule has 1 aliphatic rings. The van der Waals surface area contributed by atoms with Gasteiger partial charge in [0.2, 0.25) is 0 Å². The zero-order valence-corrected chi connectivity index (χ0v) is 10.2. The molecule has 1 atom stereocenters. The summed E-state index contributed by atoms with van der Waals surface area (Å²) in [7, 11) is 2.24. The van der Waals surface area contributed by atoms with Crippen LogP contribution in [0.3, 0.4) is 0 Å². The molecule has 0 radical (unpaired) electrons. The summed E-state index contributed by atoms with van der Waals surface area (Å²) in [6.07, 6.45) is 5.56. The van der Waals surface area contributed by atoms with Gasteiger partial charge in [-0.25, -0.2) is 0 Å². The standard InChI is InChI=1S/C10H21N.C2H6/c1-4-6-10(5-2)7-8-11(3)9-10;1-2/h4-9H2,1-3H3;1-2H3. The van der Waals surface area contributed by atoms with Crippen molar-refractivity contribution >= 4 is 0 Å². The zero-order valence-electron chi connectivity index (χ0n) is 10.2. The van der Waals surface area contributed by atoms with E-state index in [1.54, 1.807) is 0 Å². The molecule has 13 heavy (non-hydrogen) atoms. The molecule has 0 spiro atoms. The Hall–Kier alpha value is -0.0400. The van der Waals surface area contributed by atoms with Gasteiger partial charge in [-0.05, 0) is 38.3 Å². The average Bonchev–Trinajstić information content (AvgIpc) is 2.53. The number of hydrogen-bond donors (Lipinski definition) is 0. The van der Waals surface area contributed by atoms with Gasteiger partial charge in [-0.2, -0.15) is 0 Å². The summed E-state index contributed by atoms with van der Waals surface area (Å²) in [5.41, 5.74) is 0.684. The molecule has 1 saturated heterocycles. The summed E-state index contributed by atoms with van der Waals surface area (Å²) in [5.74, 6) is 0. The van der Waals surface area contributed by atoms with Crippen LogP contribution in [0.4, 0.5) is 0 Å². The van der Waals surface area contributed by atoms with Crippen molar-refractivity contribution in [3.63, 3.8) is 0 Å². The lowest BCUT2D eigenvalue weighted by atomic mass is 9.80. The van der Waals surface area contributed by atoms with Gasteiger partial charge in [-0.1, -0.05) is 34.1 Å². The Bertz CT molecular complexity index is 118. The Labute approximate surface area is 84.5 Å². The van der Waals surface area contributed by atoms with E-state index in [0.717, 1.165) is 0 Å². The Balaban J connectivity index is 0.000000671. The molecule has 1 nitrogen and oxygen atoms in total. The van der Waals surface area contributed by atoms with Gasteiger partial charge < -0.3 is 4.90 Å². The van der Waals surface area contributed by atoms with Gasteiger partial charge in [0, 0.05) is 6.54 Å². The molecule has 0 saturated carbocycles. The Kier molecular flexibility index (Phi) is 6.40. The second-order valence-corrected chi connectivity index (χ2v) is 4.09. The van der Waals surface area contributed by atoms with Crippen LogP contribution in [0, 0.1) is 5.41 Å². The molecule has 1 heteroatoms. The average molecular weight is 185 g/mol. The van der Waals surface area contributed by atoms with Gasteiger partial charge in [0.15, 0.2) is 0 Å². The first-order chi connectivity index (χ1) is 6.22. The van der Waals surface area contributed by atoms with E-state index in [1.165, 1.54) is 38.8 Å². The van der Waals surface area contributed by atoms with Crippen LogP contribution < -0.4 is 0 Å². The summed E-state index contributed by atoms with van der Waals surface area (Å²) in [6.45, 7) is 11.3. The number of likely N-dealkylation sites (tertiary alicyclic amines) is 1. The molecule has 80 valence electrons. The van der Waals surface area contributed by atoms with Gasteiger partial charge in [-0.15, -0.1) is 0 Å². The van der Waals surface area contributed by atoms with Gasteiger partial charge in [0.25, 0.3) is 0 Å². The van der Waals surface area contributed by atoms with Crippen molar-refractivity contribution in [3.05, 3.63) is 0 Å². The molecule has 0 N–H and O–H groups in total. The second-order valence-electron chi connectivity index (χ2n) is 4.09. The maximum Gasteiger partial charge on any atom is 0.00353 e. The van der Waals surface area contributed by atoms with Crippen LogP contribution in [0.2, 0.25) is 0 Å². The van der Waals surface area contributed by atoms with Crippen LogP contribution in [0.1, 0.15) is 53.4 Å². The summed E-state index contributed by atoms with van der Waals surface area (Å²) in [4.78, 5) is 2.47. The van der Waals surface area contributed by atoms with Crippen LogP contribution in [0.5, 0.6) is 0 Å². The van der Waals surface area contributed by atoms with Crippen LogP contribution >= 0.6 is 0 Å². The van der Waals surface area contributed by atoms with Gasteiger partial charge in [-0.3, -0.25) is 0 Å². The van der Waals surface area contributed by atoms with E-state index in [-0.39, 0.29) is 0 Å². The molecule has 0 amide bonds. The highest BCUT2D eigenvalue weighted by atomic mass is 15.1. The monoisotopic (exact) mass is 185 g/mol. The SMILES string of the molecule is CC.CCCC1(CC)CCN(C)C1. The summed E-state index contributed by atoms with van der Waals surface area (Å²) in [6, 6.07) is 0. The van der Waals surface area contributed by atoms with Gasteiger partial charge in [0.1, 0.15) is 0 Å². The fourth-order valence-electron chi connectivity index (χ4n) is 2.36. The molecule has 0 aromatic rings. The first kappa shape index (κ1) is 13.0. The molecular formula is C12H27N. The van der Waals surface area contributed by atoms with E-state index in [2.05, 4.69) is 25.8 Å². The first-order valence-electron chi connectivity index (χ1n) is 5.91. The summed E-state index contributed by atoms with van der Waals surface area (Å²) in [5, 5.41) is 0. The van der Waals surface area contributed by atoms with Crippen molar-refractivity contribution in [2.45, 2.75) is 53.4 Å². The zero-order chi connectivity index (χ0) is 10.3. The molecular weight excluding hydrogens is 158 g/mol. The van der Waals surface area contributed by atoms with Crippen molar-refractivity contribution in [3.8, 4) is 0 Å². The van der Waals surface area contributed by atoms with E-state index in [1.807, 2.05) is 13.8 Å². The highest BCUT2D eigenvalue weighted by Gasteiger charge is 2.33. The van der Waals surface area contributed by atoms with Crippen molar-refractivity contribution in [1.29, 1.82) is 0 Å². The lowest BCUT2D eigenvalue weighted by Crippen LogP contribution is -2.24. The third-order valence-corrected chi connectivity index (χ3v) is 3.16. The molecule has 1 fully saturated rings. The lowest BCUT2D eigenvalue weighted by molar-refractivity contribution is 0.248. The Morgan fingerprint density at radius 1 is 1.23 bits per heavy atom. The maximum atomic E-state index is 2.47. The molecule has 1 rings (SSSR count). The van der Waals surface area contributed by atoms with Crippen molar-refractivity contribution in [2.24, 2.45) is 5.41 Å². The van der Waals surface area contributed by atoms with E-state index < -0.39 is 0 Å². The second kappa shape index (κ2) is 6.42.